The summed E-state index contributed by atoms with van der Waals surface area (Å²) < 4.78 is 5.88. The number of aromatic nitrogens is 2. The highest BCUT2D eigenvalue weighted by molar-refractivity contribution is 6.04. The zero-order valence-corrected chi connectivity index (χ0v) is 16.4. The Labute approximate surface area is 168 Å². The van der Waals surface area contributed by atoms with E-state index >= 15 is 0 Å². The number of aryl methyl sites for hydroxylation is 1. The molecule has 0 saturated carbocycles. The molecule has 6 nitrogen and oxygen atoms in total. The summed E-state index contributed by atoms with van der Waals surface area (Å²) >= 11 is 0. The fraction of sp³-hybridized carbons (Fsp3) is 0.174. The maximum atomic E-state index is 12.4. The van der Waals surface area contributed by atoms with Gasteiger partial charge in [0.1, 0.15) is 11.3 Å². The Hall–Kier alpha value is -3.67. The van der Waals surface area contributed by atoms with Crippen molar-refractivity contribution in [1.82, 2.24) is 9.97 Å². The van der Waals surface area contributed by atoms with Crippen LogP contribution in [0.25, 0.3) is 22.6 Å². The van der Waals surface area contributed by atoms with Crippen molar-refractivity contribution in [3.63, 3.8) is 0 Å². The first-order valence-corrected chi connectivity index (χ1v) is 9.38. The van der Waals surface area contributed by atoms with Gasteiger partial charge in [0.25, 0.3) is 5.91 Å². The molecular formula is C23H21N3O3. The molecule has 0 bridgehead atoms. The van der Waals surface area contributed by atoms with Crippen molar-refractivity contribution in [1.29, 1.82) is 0 Å². The van der Waals surface area contributed by atoms with E-state index in [1.165, 1.54) is 6.20 Å². The van der Waals surface area contributed by atoms with Crippen molar-refractivity contribution in [3.05, 3.63) is 71.5 Å². The quantitative estimate of drug-likeness (QED) is 0.465. The molecule has 2 aromatic heterocycles. The van der Waals surface area contributed by atoms with E-state index in [0.29, 0.717) is 39.8 Å². The number of nitrogens with zero attached hydrogens (tertiary/aromatic N) is 2. The van der Waals surface area contributed by atoms with Gasteiger partial charge in [-0.05, 0) is 60.4 Å². The van der Waals surface area contributed by atoms with E-state index in [9.17, 15) is 9.90 Å². The van der Waals surface area contributed by atoms with Crippen LogP contribution in [0.3, 0.4) is 0 Å². The van der Waals surface area contributed by atoms with E-state index in [-0.39, 0.29) is 11.7 Å². The minimum atomic E-state index is -0.284. The summed E-state index contributed by atoms with van der Waals surface area (Å²) in [6, 6.07) is 12.6. The zero-order valence-electron chi connectivity index (χ0n) is 16.4. The summed E-state index contributed by atoms with van der Waals surface area (Å²) in [4.78, 5) is 21.0. The molecular weight excluding hydrogens is 366 g/mol. The lowest BCUT2D eigenvalue weighted by molar-refractivity contribution is 0.102. The lowest BCUT2D eigenvalue weighted by Crippen LogP contribution is -2.12. The van der Waals surface area contributed by atoms with Crippen LogP contribution in [-0.4, -0.2) is 21.0 Å². The van der Waals surface area contributed by atoms with Crippen LogP contribution in [0.1, 0.15) is 41.3 Å². The van der Waals surface area contributed by atoms with Crippen LogP contribution in [0.4, 0.5) is 5.69 Å². The maximum absolute atomic E-state index is 12.4. The monoisotopic (exact) mass is 387 g/mol. The van der Waals surface area contributed by atoms with Crippen LogP contribution >= 0.6 is 0 Å². The van der Waals surface area contributed by atoms with E-state index in [1.807, 2.05) is 18.2 Å². The van der Waals surface area contributed by atoms with E-state index in [0.717, 1.165) is 11.1 Å². The second-order valence-corrected chi connectivity index (χ2v) is 7.29. The molecule has 0 fully saturated rings. The smallest absolute Gasteiger partial charge is 0.257 e. The molecule has 0 saturated heterocycles. The molecule has 0 aliphatic heterocycles. The number of rotatable bonds is 4. The number of benzene rings is 2. The van der Waals surface area contributed by atoms with Crippen LogP contribution in [0.15, 0.2) is 59.3 Å². The zero-order chi connectivity index (χ0) is 20.5. The molecule has 0 unspecified atom stereocenters. The molecule has 6 heteroatoms. The van der Waals surface area contributed by atoms with Crippen LogP contribution in [0.2, 0.25) is 0 Å². The molecule has 146 valence electrons. The Morgan fingerprint density at radius 3 is 2.72 bits per heavy atom. The van der Waals surface area contributed by atoms with Gasteiger partial charge in [-0.3, -0.25) is 9.78 Å². The number of carbonyl (C=O) groups excluding carboxylic acids is 1. The molecule has 0 aliphatic rings. The van der Waals surface area contributed by atoms with Crippen molar-refractivity contribution in [3.8, 4) is 17.2 Å². The van der Waals surface area contributed by atoms with E-state index in [2.05, 4.69) is 29.1 Å². The Morgan fingerprint density at radius 1 is 1.17 bits per heavy atom. The topological polar surface area (TPSA) is 88.3 Å². The Kier molecular flexibility index (Phi) is 4.76. The first-order chi connectivity index (χ1) is 13.9. The molecule has 4 rings (SSSR count). The van der Waals surface area contributed by atoms with E-state index in [1.54, 1.807) is 37.4 Å². The summed E-state index contributed by atoms with van der Waals surface area (Å²) in [7, 11) is 0. The van der Waals surface area contributed by atoms with Gasteiger partial charge in [-0.1, -0.05) is 19.9 Å². The third-order valence-corrected chi connectivity index (χ3v) is 4.79. The molecule has 4 aromatic rings. The molecule has 2 N–H and O–H groups in total. The van der Waals surface area contributed by atoms with Gasteiger partial charge < -0.3 is 14.8 Å². The molecule has 0 radical (unpaired) electrons. The van der Waals surface area contributed by atoms with Crippen LogP contribution in [0, 0.1) is 6.92 Å². The van der Waals surface area contributed by atoms with Crippen molar-refractivity contribution < 1.29 is 14.3 Å². The third-order valence-electron chi connectivity index (χ3n) is 4.79. The second kappa shape index (κ2) is 7.39. The van der Waals surface area contributed by atoms with Crippen LogP contribution < -0.4 is 5.32 Å². The maximum Gasteiger partial charge on any atom is 0.257 e. The standard InChI is InChI=1S/C23H21N3O3/c1-13(2)15-6-7-20-19(10-15)26-23(29-20)18-11-17(9-14(3)21(18)27)25-22(28)16-5-4-8-24-12-16/h4-13,27H,1-3H3,(H,25,28). The number of nitrogens with one attached hydrogen (secondary N) is 1. The number of aromatic hydroxyl groups is 1. The highest BCUT2D eigenvalue weighted by Gasteiger charge is 2.17. The van der Waals surface area contributed by atoms with Gasteiger partial charge in [0.2, 0.25) is 5.89 Å². The van der Waals surface area contributed by atoms with Gasteiger partial charge in [0.05, 0.1) is 11.1 Å². The number of amides is 1. The first-order valence-electron chi connectivity index (χ1n) is 9.38. The normalized spacial score (nSPS) is 11.2. The number of pyridine rings is 1. The largest absolute Gasteiger partial charge is 0.507 e. The van der Waals surface area contributed by atoms with Gasteiger partial charge in [0, 0.05) is 18.1 Å². The Bertz CT molecular complexity index is 1200. The number of hydrogen-bond acceptors (Lipinski definition) is 5. The number of oxazole rings is 1. The number of carbonyl (C=O) groups is 1. The number of anilines is 1. The highest BCUT2D eigenvalue weighted by atomic mass is 16.3. The molecule has 0 spiro atoms. The summed E-state index contributed by atoms with van der Waals surface area (Å²) in [6.45, 7) is 6.00. The lowest BCUT2D eigenvalue weighted by Gasteiger charge is -2.10. The second-order valence-electron chi connectivity index (χ2n) is 7.29. The number of phenols is 1. The number of fused-ring (bicyclic) bond motifs is 1. The van der Waals surface area contributed by atoms with Crippen molar-refractivity contribution >= 4 is 22.7 Å². The predicted molar refractivity (Wildman–Crippen MR) is 112 cm³/mol. The SMILES string of the molecule is Cc1cc(NC(=O)c2cccnc2)cc(-c2nc3cc(C(C)C)ccc3o2)c1O. The third kappa shape index (κ3) is 3.69. The fourth-order valence-corrected chi connectivity index (χ4v) is 3.13. The van der Waals surface area contributed by atoms with Crippen molar-refractivity contribution in [2.45, 2.75) is 26.7 Å². The van der Waals surface area contributed by atoms with Crippen LogP contribution in [0.5, 0.6) is 5.75 Å². The molecule has 0 atom stereocenters. The van der Waals surface area contributed by atoms with Gasteiger partial charge >= 0.3 is 0 Å². The molecule has 0 aliphatic carbocycles. The summed E-state index contributed by atoms with van der Waals surface area (Å²) in [5.41, 5.74) is 4.55. The summed E-state index contributed by atoms with van der Waals surface area (Å²) in [5, 5.41) is 13.4. The van der Waals surface area contributed by atoms with Crippen molar-refractivity contribution in [2.75, 3.05) is 5.32 Å². The predicted octanol–water partition coefficient (Wildman–Crippen LogP) is 5.28. The Balaban J connectivity index is 1.72. The molecule has 29 heavy (non-hydrogen) atoms. The summed E-state index contributed by atoms with van der Waals surface area (Å²) in [6.07, 6.45) is 3.11. The molecule has 2 aromatic carbocycles. The van der Waals surface area contributed by atoms with Gasteiger partial charge in [0.15, 0.2) is 5.58 Å². The minimum absolute atomic E-state index is 0.0695. The first kappa shape index (κ1) is 18.7. The number of hydrogen-bond donors (Lipinski definition) is 2. The lowest BCUT2D eigenvalue weighted by atomic mass is 10.0. The highest BCUT2D eigenvalue weighted by Crippen LogP contribution is 2.36. The van der Waals surface area contributed by atoms with Gasteiger partial charge in [-0.2, -0.15) is 0 Å². The minimum Gasteiger partial charge on any atom is -0.507 e. The Morgan fingerprint density at radius 2 is 2.00 bits per heavy atom. The van der Waals surface area contributed by atoms with E-state index < -0.39 is 0 Å². The fourth-order valence-electron chi connectivity index (χ4n) is 3.13. The summed E-state index contributed by atoms with van der Waals surface area (Å²) in [5.74, 6) is 0.466. The molecule has 2 heterocycles. The van der Waals surface area contributed by atoms with E-state index in [4.69, 9.17) is 4.42 Å². The van der Waals surface area contributed by atoms with Crippen molar-refractivity contribution in [2.24, 2.45) is 0 Å². The number of phenolic OH excluding ortho intramolecular Hbond substituents is 1. The van der Waals surface area contributed by atoms with Gasteiger partial charge in [-0.15, -0.1) is 0 Å². The van der Waals surface area contributed by atoms with Crippen LogP contribution in [-0.2, 0) is 0 Å². The average Bonchev–Trinajstić information content (AvgIpc) is 3.14. The average molecular weight is 387 g/mol. The van der Waals surface area contributed by atoms with Gasteiger partial charge in [-0.25, -0.2) is 4.98 Å². The molecule has 1 amide bonds.